The molecule has 0 spiro atoms. The van der Waals surface area contributed by atoms with Gasteiger partial charge in [0.1, 0.15) is 12.2 Å². The van der Waals surface area contributed by atoms with Gasteiger partial charge in [-0.2, -0.15) is 4.68 Å². The van der Waals surface area contributed by atoms with Crippen molar-refractivity contribution in [3.8, 4) is 16.9 Å². The Kier molecular flexibility index (Phi) is 7.97. The SMILES string of the molecule is O=C(/C=C/c1cc(Cl)ccc1-n1cnnn1)N[C@H]1CCCCCCNc2ccc(C(=O)O)cc2-c2c[nH]c1n2. The zero-order chi connectivity index (χ0) is 27.2. The van der Waals surface area contributed by atoms with Gasteiger partial charge in [0, 0.05) is 40.7 Å². The van der Waals surface area contributed by atoms with E-state index in [1.807, 2.05) is 0 Å². The molecule has 12 heteroatoms. The molecule has 4 N–H and O–H groups in total. The lowest BCUT2D eigenvalue weighted by molar-refractivity contribution is -0.117. The third kappa shape index (κ3) is 6.32. The summed E-state index contributed by atoms with van der Waals surface area (Å²) in [5.41, 5.74) is 3.66. The third-order valence-corrected chi connectivity index (χ3v) is 6.76. The van der Waals surface area contributed by atoms with Crippen molar-refractivity contribution < 1.29 is 14.7 Å². The maximum Gasteiger partial charge on any atom is 0.335 e. The van der Waals surface area contributed by atoms with Gasteiger partial charge < -0.3 is 20.7 Å². The van der Waals surface area contributed by atoms with Gasteiger partial charge in [-0.3, -0.25) is 4.79 Å². The molecule has 0 fully saturated rings. The Morgan fingerprint density at radius 1 is 1.13 bits per heavy atom. The number of carboxylic acid groups (broad SMARTS) is 1. The fourth-order valence-electron chi connectivity index (χ4n) is 4.55. The van der Waals surface area contributed by atoms with Crippen LogP contribution in [0.15, 0.2) is 55.0 Å². The van der Waals surface area contributed by atoms with Gasteiger partial charge in [0.15, 0.2) is 0 Å². The van der Waals surface area contributed by atoms with E-state index in [4.69, 9.17) is 16.6 Å². The average molecular weight is 547 g/mol. The lowest BCUT2D eigenvalue weighted by Crippen LogP contribution is -2.27. The Morgan fingerprint density at radius 2 is 2.00 bits per heavy atom. The molecule has 3 heterocycles. The molecule has 1 amide bonds. The number of benzene rings is 2. The van der Waals surface area contributed by atoms with Gasteiger partial charge in [-0.1, -0.05) is 30.9 Å². The highest BCUT2D eigenvalue weighted by Gasteiger charge is 2.20. The minimum absolute atomic E-state index is 0.182. The average Bonchev–Trinajstić information content (AvgIpc) is 3.63. The number of carbonyl (C=O) groups is 2. The van der Waals surface area contributed by atoms with Crippen LogP contribution in [-0.2, 0) is 4.79 Å². The molecule has 1 atom stereocenters. The topological polar surface area (TPSA) is 151 Å². The molecule has 0 unspecified atom stereocenters. The molecule has 2 aromatic carbocycles. The number of aromatic carboxylic acids is 1. The number of amides is 1. The molecule has 4 aromatic rings. The molecule has 11 nitrogen and oxygen atoms in total. The third-order valence-electron chi connectivity index (χ3n) is 6.52. The Labute approximate surface area is 229 Å². The molecule has 200 valence electrons. The number of hydrogen-bond acceptors (Lipinski definition) is 7. The number of imidazole rings is 1. The molecule has 0 aliphatic carbocycles. The lowest BCUT2D eigenvalue weighted by atomic mass is 10.1. The number of fused-ring (bicyclic) bond motifs is 4. The van der Waals surface area contributed by atoms with Crippen LogP contribution in [0.4, 0.5) is 5.69 Å². The Hall–Kier alpha value is -4.51. The molecule has 0 radical (unpaired) electrons. The van der Waals surface area contributed by atoms with Crippen LogP contribution in [0.1, 0.15) is 59.9 Å². The zero-order valence-electron chi connectivity index (χ0n) is 21.0. The van der Waals surface area contributed by atoms with Crippen molar-refractivity contribution in [2.24, 2.45) is 0 Å². The van der Waals surface area contributed by atoms with Gasteiger partial charge in [-0.15, -0.1) is 5.10 Å². The predicted octanol–water partition coefficient (Wildman–Crippen LogP) is 4.65. The maximum absolute atomic E-state index is 13.0. The second-order valence-electron chi connectivity index (χ2n) is 9.22. The zero-order valence-corrected chi connectivity index (χ0v) is 21.7. The lowest BCUT2D eigenvalue weighted by Gasteiger charge is -2.16. The van der Waals surface area contributed by atoms with E-state index in [-0.39, 0.29) is 17.5 Å². The number of nitrogens with zero attached hydrogens (tertiary/aromatic N) is 5. The van der Waals surface area contributed by atoms with E-state index in [1.165, 1.54) is 17.1 Å². The van der Waals surface area contributed by atoms with Crippen LogP contribution < -0.4 is 10.6 Å². The van der Waals surface area contributed by atoms with E-state index in [1.54, 1.807) is 48.7 Å². The van der Waals surface area contributed by atoms with Crippen LogP contribution in [-0.4, -0.2) is 53.7 Å². The second-order valence-corrected chi connectivity index (χ2v) is 9.65. The van der Waals surface area contributed by atoms with Crippen LogP contribution in [0.3, 0.4) is 0 Å². The largest absolute Gasteiger partial charge is 0.478 e. The molecule has 1 aliphatic heterocycles. The van der Waals surface area contributed by atoms with Crippen molar-refractivity contribution in [2.75, 3.05) is 11.9 Å². The monoisotopic (exact) mass is 546 g/mol. The number of aromatic nitrogens is 6. The van der Waals surface area contributed by atoms with Gasteiger partial charge in [0.2, 0.25) is 5.91 Å². The molecule has 5 rings (SSSR count). The highest BCUT2D eigenvalue weighted by molar-refractivity contribution is 6.30. The Bertz CT molecular complexity index is 1500. The van der Waals surface area contributed by atoms with E-state index in [0.29, 0.717) is 39.8 Å². The number of H-pyrrole nitrogens is 1. The standard InChI is InChI=1S/C27H27ClN8O3/c28-19-8-10-24(36-16-31-34-35-36)17(13-19)7-11-25(37)32-22-5-3-1-2-4-12-29-21-9-6-18(27(38)39)14-20(21)23-15-30-26(22)33-23/h6-11,13-16,22,29H,1-5,12H2,(H,30,33)(H,32,37)(H,38,39)/b11-7+/t22-/m0/s1. The summed E-state index contributed by atoms with van der Waals surface area (Å²) in [6.45, 7) is 0.776. The summed E-state index contributed by atoms with van der Waals surface area (Å²) in [6.07, 6.45) is 11.0. The minimum atomic E-state index is -1.00. The summed E-state index contributed by atoms with van der Waals surface area (Å²) < 4.78 is 1.50. The van der Waals surface area contributed by atoms with Gasteiger partial charge in [-0.25, -0.2) is 9.78 Å². The Balaban J connectivity index is 1.40. The van der Waals surface area contributed by atoms with Crippen LogP contribution >= 0.6 is 11.6 Å². The fourth-order valence-corrected chi connectivity index (χ4v) is 4.73. The van der Waals surface area contributed by atoms with Gasteiger partial charge >= 0.3 is 5.97 Å². The molecule has 1 aliphatic rings. The summed E-state index contributed by atoms with van der Waals surface area (Å²) in [7, 11) is 0. The van der Waals surface area contributed by atoms with Crippen LogP contribution in [0.25, 0.3) is 23.0 Å². The first kappa shape index (κ1) is 26.1. The highest BCUT2D eigenvalue weighted by atomic mass is 35.5. The minimum Gasteiger partial charge on any atom is -0.478 e. The summed E-state index contributed by atoms with van der Waals surface area (Å²) in [4.78, 5) is 32.6. The summed E-state index contributed by atoms with van der Waals surface area (Å²) >= 11 is 6.19. The van der Waals surface area contributed by atoms with Gasteiger partial charge in [0.05, 0.1) is 23.0 Å². The number of hydrogen-bond donors (Lipinski definition) is 4. The first-order valence-corrected chi connectivity index (χ1v) is 13.0. The maximum atomic E-state index is 13.0. The first-order chi connectivity index (χ1) is 19.0. The summed E-state index contributed by atoms with van der Waals surface area (Å²) in [5.74, 6) is -0.689. The van der Waals surface area contributed by atoms with E-state index < -0.39 is 5.97 Å². The summed E-state index contributed by atoms with van der Waals surface area (Å²) in [6, 6.07) is 9.86. The molecular weight excluding hydrogens is 520 g/mol. The van der Waals surface area contributed by atoms with E-state index >= 15 is 0 Å². The van der Waals surface area contributed by atoms with Crippen molar-refractivity contribution in [2.45, 2.75) is 38.1 Å². The number of aromatic amines is 1. The van der Waals surface area contributed by atoms with E-state index in [9.17, 15) is 14.7 Å². The summed E-state index contributed by atoms with van der Waals surface area (Å²) in [5, 5.41) is 27.8. The van der Waals surface area contributed by atoms with Crippen molar-refractivity contribution >= 4 is 35.2 Å². The number of carbonyl (C=O) groups excluding carboxylic acids is 1. The van der Waals surface area contributed by atoms with E-state index in [0.717, 1.165) is 37.9 Å². The van der Waals surface area contributed by atoms with Gasteiger partial charge in [0.25, 0.3) is 0 Å². The van der Waals surface area contributed by atoms with Crippen molar-refractivity contribution in [1.29, 1.82) is 0 Å². The molecule has 39 heavy (non-hydrogen) atoms. The second kappa shape index (κ2) is 11.9. The highest BCUT2D eigenvalue weighted by Crippen LogP contribution is 2.30. The quantitative estimate of drug-likeness (QED) is 0.264. The smallest absolute Gasteiger partial charge is 0.335 e. The van der Waals surface area contributed by atoms with Crippen molar-refractivity contribution in [3.63, 3.8) is 0 Å². The van der Waals surface area contributed by atoms with E-state index in [2.05, 4.69) is 31.1 Å². The number of halogens is 1. The normalized spacial score (nSPS) is 15.9. The van der Waals surface area contributed by atoms with Crippen molar-refractivity contribution in [3.05, 3.63) is 77.0 Å². The Morgan fingerprint density at radius 3 is 2.82 bits per heavy atom. The fraction of sp³-hybridized carbons (Fsp3) is 0.259. The van der Waals surface area contributed by atoms with Crippen LogP contribution in [0, 0.1) is 0 Å². The van der Waals surface area contributed by atoms with Gasteiger partial charge in [-0.05, 0) is 65.7 Å². The number of tetrazole rings is 1. The first-order valence-electron chi connectivity index (χ1n) is 12.7. The molecular formula is C27H27ClN8O3. The molecule has 0 saturated carbocycles. The predicted molar refractivity (Wildman–Crippen MR) is 147 cm³/mol. The molecule has 2 aromatic heterocycles. The number of nitrogens with one attached hydrogen (secondary N) is 3. The molecule has 0 saturated heterocycles. The number of anilines is 1. The van der Waals surface area contributed by atoms with Crippen molar-refractivity contribution in [1.82, 2.24) is 35.5 Å². The van der Waals surface area contributed by atoms with Crippen LogP contribution in [0.2, 0.25) is 5.02 Å². The van der Waals surface area contributed by atoms with Crippen LogP contribution in [0.5, 0.6) is 0 Å². The molecule has 2 bridgehead atoms. The number of carboxylic acids is 1. The number of rotatable bonds is 5.